The van der Waals surface area contributed by atoms with Crippen LogP contribution in [-0.2, 0) is 14.3 Å². The molecule has 2 rings (SSSR count). The van der Waals surface area contributed by atoms with Gasteiger partial charge in [0.2, 0.25) is 5.91 Å². The number of nitrogens with one attached hydrogen (secondary N) is 1. The second-order valence-corrected chi connectivity index (χ2v) is 7.16. The predicted molar refractivity (Wildman–Crippen MR) is 114 cm³/mol. The molecule has 0 radical (unpaired) electrons. The van der Waals surface area contributed by atoms with Crippen molar-refractivity contribution in [2.75, 3.05) is 18.6 Å². The summed E-state index contributed by atoms with van der Waals surface area (Å²) in [4.78, 5) is 36.2. The van der Waals surface area contributed by atoms with Gasteiger partial charge < -0.3 is 25.6 Å². The van der Waals surface area contributed by atoms with Crippen molar-refractivity contribution in [1.29, 1.82) is 0 Å². The molecule has 1 unspecified atom stereocenters. The Bertz CT molecular complexity index is 959. The molecule has 2 aromatic carbocycles. The first kappa shape index (κ1) is 22.8. The number of aromatic hydroxyl groups is 1. The van der Waals surface area contributed by atoms with Crippen LogP contribution >= 0.6 is 11.8 Å². The summed E-state index contributed by atoms with van der Waals surface area (Å²) in [6, 6.07) is 8.41. The van der Waals surface area contributed by atoms with Crippen LogP contribution < -0.4 is 15.8 Å². The van der Waals surface area contributed by atoms with E-state index in [-0.39, 0.29) is 27.6 Å². The van der Waals surface area contributed by atoms with Crippen LogP contribution in [0.3, 0.4) is 0 Å². The molecule has 0 saturated heterocycles. The van der Waals surface area contributed by atoms with E-state index in [9.17, 15) is 19.5 Å². The number of methoxy groups -OCH3 is 1. The number of phenols is 1. The molecule has 2 aromatic rings. The van der Waals surface area contributed by atoms with Crippen molar-refractivity contribution in [2.24, 2.45) is 0 Å². The topological polar surface area (TPSA) is 128 Å². The van der Waals surface area contributed by atoms with Crippen molar-refractivity contribution in [3.05, 3.63) is 54.1 Å². The molecule has 30 heavy (non-hydrogen) atoms. The fourth-order valence-corrected chi connectivity index (χ4v) is 3.58. The third kappa shape index (κ3) is 5.77. The monoisotopic (exact) mass is 430 g/mol. The number of esters is 2. The number of rotatable bonds is 8. The molecular formula is C21H22N2O6S. The Labute approximate surface area is 178 Å². The maximum absolute atomic E-state index is 12.7. The number of nitrogens with two attached hydrogens (primary N) is 1. The number of carbonyl (C=O) groups is 3. The first-order valence-corrected chi connectivity index (χ1v) is 9.79. The minimum Gasteiger partial charge on any atom is -0.506 e. The Morgan fingerprint density at radius 2 is 1.90 bits per heavy atom. The largest absolute Gasteiger partial charge is 0.506 e. The fraction of sp³-hybridized carbons (Fsp3) is 0.190. The van der Waals surface area contributed by atoms with Gasteiger partial charge in [0, 0.05) is 17.6 Å². The predicted octanol–water partition coefficient (Wildman–Crippen LogP) is 2.61. The highest BCUT2D eigenvalue weighted by atomic mass is 32.2. The van der Waals surface area contributed by atoms with Gasteiger partial charge in [0.1, 0.15) is 17.5 Å². The normalized spacial score (nSPS) is 11.3. The second-order valence-electron chi connectivity index (χ2n) is 6.13. The molecular weight excluding hydrogens is 408 g/mol. The standard InChI is InChI=1S/C21H22N2O6S/c1-4-13-5-7-14(8-6-13)29-20(26)15-9-10-17(25)18(22)19(15)30-11-16(21(27)28-3)23-12(2)24/h4-10,16,25H,1,11,22H2,2-3H3,(H,23,24). The molecule has 0 heterocycles. The third-order valence-corrected chi connectivity index (χ3v) is 5.21. The summed E-state index contributed by atoms with van der Waals surface area (Å²) >= 11 is 1.01. The van der Waals surface area contributed by atoms with Gasteiger partial charge >= 0.3 is 11.9 Å². The highest BCUT2D eigenvalue weighted by Crippen LogP contribution is 2.36. The average molecular weight is 430 g/mol. The van der Waals surface area contributed by atoms with Crippen LogP contribution in [-0.4, -0.2) is 41.9 Å². The zero-order chi connectivity index (χ0) is 22.3. The molecule has 0 aliphatic rings. The van der Waals surface area contributed by atoms with Gasteiger partial charge in [0.05, 0.1) is 18.4 Å². The Morgan fingerprint density at radius 1 is 1.23 bits per heavy atom. The molecule has 0 bridgehead atoms. The van der Waals surface area contributed by atoms with Crippen molar-refractivity contribution in [2.45, 2.75) is 17.9 Å². The van der Waals surface area contributed by atoms with E-state index >= 15 is 0 Å². The minimum atomic E-state index is -0.963. The number of hydrogen-bond acceptors (Lipinski definition) is 8. The number of hydrogen-bond donors (Lipinski definition) is 3. The Kier molecular flexibility index (Phi) is 7.88. The van der Waals surface area contributed by atoms with Crippen LogP contribution in [0.4, 0.5) is 5.69 Å². The molecule has 0 spiro atoms. The number of nitrogen functional groups attached to an aromatic ring is 1. The highest BCUT2D eigenvalue weighted by molar-refractivity contribution is 7.99. The molecule has 0 fully saturated rings. The summed E-state index contributed by atoms with van der Waals surface area (Å²) < 4.78 is 10.1. The van der Waals surface area contributed by atoms with Gasteiger partial charge in [-0.2, -0.15) is 0 Å². The SMILES string of the molecule is C=Cc1ccc(OC(=O)c2ccc(O)c(N)c2SCC(NC(C)=O)C(=O)OC)cc1. The molecule has 158 valence electrons. The van der Waals surface area contributed by atoms with E-state index in [4.69, 9.17) is 10.5 Å². The third-order valence-electron chi connectivity index (χ3n) is 3.98. The van der Waals surface area contributed by atoms with Crippen molar-refractivity contribution in [3.63, 3.8) is 0 Å². The fourth-order valence-electron chi connectivity index (χ4n) is 2.46. The number of thioether (sulfide) groups is 1. The second kappa shape index (κ2) is 10.4. The van der Waals surface area contributed by atoms with E-state index in [1.807, 2.05) is 0 Å². The average Bonchev–Trinajstić information content (AvgIpc) is 2.73. The lowest BCUT2D eigenvalue weighted by molar-refractivity contribution is -0.144. The maximum Gasteiger partial charge on any atom is 0.344 e. The zero-order valence-electron chi connectivity index (χ0n) is 16.5. The summed E-state index contributed by atoms with van der Waals surface area (Å²) in [6.07, 6.45) is 1.66. The van der Waals surface area contributed by atoms with Gasteiger partial charge in [0.15, 0.2) is 0 Å². The van der Waals surface area contributed by atoms with Crippen molar-refractivity contribution in [1.82, 2.24) is 5.32 Å². The zero-order valence-corrected chi connectivity index (χ0v) is 17.3. The van der Waals surface area contributed by atoms with Crippen molar-refractivity contribution in [3.8, 4) is 11.5 Å². The lowest BCUT2D eigenvalue weighted by Crippen LogP contribution is -2.42. The molecule has 0 aliphatic heterocycles. The van der Waals surface area contributed by atoms with Gasteiger partial charge in [-0.05, 0) is 29.8 Å². The Hall–Kier alpha value is -3.46. The highest BCUT2D eigenvalue weighted by Gasteiger charge is 2.24. The van der Waals surface area contributed by atoms with E-state index in [0.29, 0.717) is 5.75 Å². The van der Waals surface area contributed by atoms with Crippen molar-refractivity contribution < 1.29 is 29.0 Å². The summed E-state index contributed by atoms with van der Waals surface area (Å²) in [5, 5.41) is 12.4. The van der Waals surface area contributed by atoms with Crippen LogP contribution in [0.5, 0.6) is 11.5 Å². The lowest BCUT2D eigenvalue weighted by Gasteiger charge is -2.17. The minimum absolute atomic E-state index is 0.0220. The molecule has 1 amide bonds. The van der Waals surface area contributed by atoms with Gasteiger partial charge in [-0.15, -0.1) is 11.8 Å². The summed E-state index contributed by atoms with van der Waals surface area (Å²) in [5.74, 6) is -1.64. The molecule has 0 saturated carbocycles. The summed E-state index contributed by atoms with van der Waals surface area (Å²) in [6.45, 7) is 4.93. The first-order chi connectivity index (χ1) is 14.3. The maximum atomic E-state index is 12.7. The lowest BCUT2D eigenvalue weighted by atomic mass is 10.2. The molecule has 0 aromatic heterocycles. The number of carbonyl (C=O) groups excluding carboxylic acids is 3. The number of phenolic OH excluding ortho intramolecular Hbond substituents is 1. The van der Waals surface area contributed by atoms with Gasteiger partial charge in [-0.25, -0.2) is 9.59 Å². The van der Waals surface area contributed by atoms with Crippen LogP contribution in [0.25, 0.3) is 6.08 Å². The summed E-state index contributed by atoms with van der Waals surface area (Å²) in [7, 11) is 1.20. The Morgan fingerprint density at radius 3 is 2.47 bits per heavy atom. The number of anilines is 1. The van der Waals surface area contributed by atoms with Crippen molar-refractivity contribution >= 4 is 41.4 Å². The number of ether oxygens (including phenoxy) is 2. The van der Waals surface area contributed by atoms with Gasteiger partial charge in [-0.3, -0.25) is 4.79 Å². The van der Waals surface area contributed by atoms with E-state index in [1.54, 1.807) is 30.3 Å². The van der Waals surface area contributed by atoms with Crippen LogP contribution in [0.1, 0.15) is 22.8 Å². The molecule has 9 heteroatoms. The van der Waals surface area contributed by atoms with Crippen LogP contribution in [0, 0.1) is 0 Å². The number of amides is 1. The van der Waals surface area contributed by atoms with Crippen LogP contribution in [0.15, 0.2) is 47.9 Å². The Balaban J connectivity index is 2.27. The molecule has 8 nitrogen and oxygen atoms in total. The smallest absolute Gasteiger partial charge is 0.344 e. The van der Waals surface area contributed by atoms with E-state index < -0.39 is 23.9 Å². The quantitative estimate of drug-likeness (QED) is 0.192. The van der Waals surface area contributed by atoms with Crippen LogP contribution in [0.2, 0.25) is 0 Å². The van der Waals surface area contributed by atoms with E-state index in [2.05, 4.69) is 16.6 Å². The van der Waals surface area contributed by atoms with E-state index in [1.165, 1.54) is 26.2 Å². The van der Waals surface area contributed by atoms with Gasteiger partial charge in [0.25, 0.3) is 0 Å². The number of benzene rings is 2. The molecule has 0 aliphatic carbocycles. The summed E-state index contributed by atoms with van der Waals surface area (Å²) in [5.41, 5.74) is 6.89. The van der Waals surface area contributed by atoms with E-state index in [0.717, 1.165) is 17.3 Å². The molecule has 4 N–H and O–H groups in total. The van der Waals surface area contributed by atoms with Gasteiger partial charge in [-0.1, -0.05) is 24.8 Å². The molecule has 1 atom stereocenters. The first-order valence-electron chi connectivity index (χ1n) is 8.80.